The highest BCUT2D eigenvalue weighted by atomic mass is 16.3. The van der Waals surface area contributed by atoms with Crippen molar-refractivity contribution >= 4 is 5.91 Å². The SMILES string of the molecule is CC/C=C\C/C=C\C/C=C\C/C=C\C/C=C\C/C=C\C/C=C\C/C=C\C/C=C\C/C=C\CCCCCCCCCCCCC(=O)NC(CO)C(O)/C=C/CCCCCC. The molecule has 0 spiro atoms. The maximum atomic E-state index is 12.3. The fourth-order valence-corrected chi connectivity index (χ4v) is 6.26. The maximum absolute atomic E-state index is 12.3. The molecule has 0 bridgehead atoms. The van der Waals surface area contributed by atoms with E-state index < -0.39 is 12.1 Å². The molecule has 1 amide bonds. The van der Waals surface area contributed by atoms with Crippen molar-refractivity contribution in [1.82, 2.24) is 5.32 Å². The van der Waals surface area contributed by atoms with Gasteiger partial charge in [-0.15, -0.1) is 0 Å². The first-order valence-electron chi connectivity index (χ1n) is 23.9. The number of aliphatic hydroxyl groups is 2. The van der Waals surface area contributed by atoms with Crippen LogP contribution in [0.5, 0.6) is 0 Å². The van der Waals surface area contributed by atoms with Crippen molar-refractivity contribution in [2.45, 2.75) is 199 Å². The molecule has 0 radical (unpaired) electrons. The van der Waals surface area contributed by atoms with Gasteiger partial charge < -0.3 is 15.5 Å². The molecule has 59 heavy (non-hydrogen) atoms. The molecule has 0 heterocycles. The number of nitrogens with one attached hydrogen (secondary N) is 1. The Morgan fingerprint density at radius 1 is 0.424 bits per heavy atom. The Balaban J connectivity index is 3.60. The summed E-state index contributed by atoms with van der Waals surface area (Å²) in [5.41, 5.74) is 0. The van der Waals surface area contributed by atoms with Crippen LogP contribution in [0.25, 0.3) is 0 Å². The minimum atomic E-state index is -0.844. The molecule has 332 valence electrons. The molecule has 0 saturated heterocycles. The quantitative estimate of drug-likeness (QED) is 0.0425. The first-order chi connectivity index (χ1) is 29.2. The molecule has 0 aromatic heterocycles. The Morgan fingerprint density at radius 2 is 0.746 bits per heavy atom. The lowest BCUT2D eigenvalue weighted by Crippen LogP contribution is -2.45. The molecule has 0 aliphatic rings. The minimum absolute atomic E-state index is 0.0815. The van der Waals surface area contributed by atoms with Crippen LogP contribution in [0.3, 0.4) is 0 Å². The molecule has 4 heteroatoms. The molecule has 0 aliphatic carbocycles. The molecule has 0 rings (SSSR count). The number of amides is 1. The molecule has 0 aromatic carbocycles. The zero-order valence-corrected chi connectivity index (χ0v) is 38.0. The second kappa shape index (κ2) is 48.9. The molecule has 0 aromatic rings. The van der Waals surface area contributed by atoms with E-state index in [-0.39, 0.29) is 12.5 Å². The van der Waals surface area contributed by atoms with Gasteiger partial charge in [0.1, 0.15) is 0 Å². The lowest BCUT2D eigenvalue weighted by Gasteiger charge is -2.20. The molecule has 2 unspecified atom stereocenters. The van der Waals surface area contributed by atoms with E-state index in [9.17, 15) is 15.0 Å². The number of aliphatic hydroxyl groups excluding tert-OH is 2. The lowest BCUT2D eigenvalue weighted by molar-refractivity contribution is -0.123. The summed E-state index contributed by atoms with van der Waals surface area (Å²) in [6.45, 7) is 4.10. The second-order valence-electron chi connectivity index (χ2n) is 15.4. The summed E-state index contributed by atoms with van der Waals surface area (Å²) >= 11 is 0. The summed E-state index contributed by atoms with van der Waals surface area (Å²) in [6, 6.07) is -0.629. The van der Waals surface area contributed by atoms with Crippen LogP contribution in [-0.2, 0) is 4.79 Å². The predicted molar refractivity (Wildman–Crippen MR) is 262 cm³/mol. The van der Waals surface area contributed by atoms with Crippen molar-refractivity contribution < 1.29 is 15.0 Å². The molecular formula is C55H89NO3. The number of hydrogen-bond acceptors (Lipinski definition) is 3. The molecule has 4 nitrogen and oxygen atoms in total. The lowest BCUT2D eigenvalue weighted by atomic mass is 10.0. The number of unbranched alkanes of at least 4 members (excludes halogenated alkanes) is 14. The van der Waals surface area contributed by atoms with E-state index in [1.807, 2.05) is 6.08 Å². The van der Waals surface area contributed by atoms with Crippen molar-refractivity contribution in [3.05, 3.63) is 134 Å². The number of carbonyl (C=O) groups is 1. The molecule has 0 saturated carbocycles. The van der Waals surface area contributed by atoms with Gasteiger partial charge in [-0.2, -0.15) is 0 Å². The highest BCUT2D eigenvalue weighted by molar-refractivity contribution is 5.76. The standard InChI is InChI=1S/C55H89NO3/c1-3-5-7-9-11-12-13-14-15-16-17-18-19-20-21-22-23-24-25-26-27-28-29-30-31-32-33-34-35-36-37-38-39-40-41-42-43-44-45-47-49-51-55(59)56-53(52-57)54(58)50-48-46-10-8-6-4-2/h5,7,11-12,14-15,17-18,20-21,23-24,26-27,29-30,32-33,35-36,48,50,53-54,57-58H,3-4,6,8-10,13,16,19,22,25,28,31,34,37-47,49,51-52H2,1-2H3,(H,56,59)/b7-5-,12-11-,15-14-,18-17-,21-20-,24-23-,27-26-,30-29-,33-32-,36-35-,50-48+. The zero-order valence-electron chi connectivity index (χ0n) is 38.0. The second-order valence-corrected chi connectivity index (χ2v) is 15.4. The van der Waals surface area contributed by atoms with E-state index in [0.29, 0.717) is 6.42 Å². The number of hydrogen-bond donors (Lipinski definition) is 3. The van der Waals surface area contributed by atoms with E-state index in [1.165, 1.54) is 77.0 Å². The Labute approximate surface area is 364 Å². The van der Waals surface area contributed by atoms with Gasteiger partial charge in [-0.05, 0) is 96.3 Å². The molecular weight excluding hydrogens is 723 g/mol. The summed E-state index contributed by atoms with van der Waals surface area (Å²) in [5, 5.41) is 22.7. The third-order valence-corrected chi connectivity index (χ3v) is 9.89. The Hall–Kier alpha value is -3.47. The Morgan fingerprint density at radius 3 is 1.12 bits per heavy atom. The molecule has 0 aliphatic heterocycles. The van der Waals surface area contributed by atoms with Crippen molar-refractivity contribution in [3.63, 3.8) is 0 Å². The van der Waals surface area contributed by atoms with Crippen LogP contribution in [0.15, 0.2) is 134 Å². The molecule has 3 N–H and O–H groups in total. The average molecular weight is 812 g/mol. The van der Waals surface area contributed by atoms with Crippen LogP contribution in [0, 0.1) is 0 Å². The van der Waals surface area contributed by atoms with Crippen LogP contribution in [0.1, 0.15) is 187 Å². The van der Waals surface area contributed by atoms with Crippen LogP contribution in [-0.4, -0.2) is 34.9 Å². The van der Waals surface area contributed by atoms with E-state index in [1.54, 1.807) is 6.08 Å². The number of rotatable bonds is 41. The monoisotopic (exact) mass is 812 g/mol. The molecule has 2 atom stereocenters. The summed E-state index contributed by atoms with van der Waals surface area (Å²) < 4.78 is 0. The third-order valence-electron chi connectivity index (χ3n) is 9.89. The van der Waals surface area contributed by atoms with Gasteiger partial charge in [0.25, 0.3) is 0 Å². The topological polar surface area (TPSA) is 69.6 Å². The fraction of sp³-hybridized carbons (Fsp3) is 0.582. The maximum Gasteiger partial charge on any atom is 0.220 e. The first kappa shape index (κ1) is 55.5. The molecule has 0 fully saturated rings. The van der Waals surface area contributed by atoms with Crippen molar-refractivity contribution in [2.24, 2.45) is 0 Å². The van der Waals surface area contributed by atoms with E-state index in [2.05, 4.69) is 141 Å². The van der Waals surface area contributed by atoms with Gasteiger partial charge in [-0.25, -0.2) is 0 Å². The number of allylic oxidation sites excluding steroid dienone is 21. The van der Waals surface area contributed by atoms with Crippen LogP contribution in [0.2, 0.25) is 0 Å². The highest BCUT2D eigenvalue weighted by Gasteiger charge is 2.17. The summed E-state index contributed by atoms with van der Waals surface area (Å²) in [5.74, 6) is -0.0815. The summed E-state index contributed by atoms with van der Waals surface area (Å²) in [4.78, 5) is 12.3. The number of carbonyl (C=O) groups excluding carboxylic acids is 1. The summed E-state index contributed by atoms with van der Waals surface area (Å²) in [7, 11) is 0. The van der Waals surface area contributed by atoms with E-state index >= 15 is 0 Å². The predicted octanol–water partition coefficient (Wildman–Crippen LogP) is 15.5. The van der Waals surface area contributed by atoms with Gasteiger partial charge in [0.2, 0.25) is 5.91 Å². The van der Waals surface area contributed by atoms with Gasteiger partial charge in [0, 0.05) is 6.42 Å². The largest absolute Gasteiger partial charge is 0.394 e. The van der Waals surface area contributed by atoms with Gasteiger partial charge in [0.15, 0.2) is 0 Å². The smallest absolute Gasteiger partial charge is 0.220 e. The minimum Gasteiger partial charge on any atom is -0.394 e. The summed E-state index contributed by atoms with van der Waals surface area (Å²) in [6.07, 6.45) is 77.5. The Kier molecular flexibility index (Phi) is 46.0. The normalized spacial score (nSPS) is 14.2. The first-order valence-corrected chi connectivity index (χ1v) is 23.9. The average Bonchev–Trinajstić information content (AvgIpc) is 3.24. The van der Waals surface area contributed by atoms with Gasteiger partial charge >= 0.3 is 0 Å². The van der Waals surface area contributed by atoms with Crippen molar-refractivity contribution in [3.8, 4) is 0 Å². The van der Waals surface area contributed by atoms with Crippen LogP contribution in [0.4, 0.5) is 0 Å². The van der Waals surface area contributed by atoms with Crippen molar-refractivity contribution in [2.75, 3.05) is 6.61 Å². The van der Waals surface area contributed by atoms with Crippen molar-refractivity contribution in [1.29, 1.82) is 0 Å². The van der Waals surface area contributed by atoms with Crippen LogP contribution >= 0.6 is 0 Å². The fourth-order valence-electron chi connectivity index (χ4n) is 6.26. The van der Waals surface area contributed by atoms with Crippen LogP contribution < -0.4 is 5.32 Å². The van der Waals surface area contributed by atoms with E-state index in [4.69, 9.17) is 0 Å². The zero-order chi connectivity index (χ0) is 42.8. The van der Waals surface area contributed by atoms with Gasteiger partial charge in [-0.3, -0.25) is 4.79 Å². The highest BCUT2D eigenvalue weighted by Crippen LogP contribution is 2.13. The van der Waals surface area contributed by atoms with Gasteiger partial charge in [-0.1, -0.05) is 218 Å². The van der Waals surface area contributed by atoms with Gasteiger partial charge in [0.05, 0.1) is 18.8 Å². The third kappa shape index (κ3) is 45.5. The van der Waals surface area contributed by atoms with E-state index in [0.717, 1.165) is 89.9 Å². The Bertz CT molecular complexity index is 1240.